The summed E-state index contributed by atoms with van der Waals surface area (Å²) < 4.78 is 68.6. The maximum absolute atomic E-state index is 13.1. The van der Waals surface area contributed by atoms with Crippen LogP contribution < -0.4 is 0 Å². The van der Waals surface area contributed by atoms with Gasteiger partial charge in [0.05, 0.1) is 26.4 Å². The van der Waals surface area contributed by atoms with Gasteiger partial charge in [0.15, 0.2) is 12.2 Å². The highest BCUT2D eigenvalue weighted by atomic mass is 31.2. The predicted molar refractivity (Wildman–Crippen MR) is 418 cm³/mol. The van der Waals surface area contributed by atoms with Gasteiger partial charge in [0.2, 0.25) is 0 Å². The fourth-order valence-corrected chi connectivity index (χ4v) is 12.4. The van der Waals surface area contributed by atoms with Gasteiger partial charge in [0.25, 0.3) is 0 Å². The molecule has 102 heavy (non-hydrogen) atoms. The summed E-state index contributed by atoms with van der Waals surface area (Å²) in [5.74, 6) is -2.19. The van der Waals surface area contributed by atoms with Crippen LogP contribution in [-0.2, 0) is 65.4 Å². The van der Waals surface area contributed by atoms with Crippen molar-refractivity contribution >= 4 is 39.5 Å². The van der Waals surface area contributed by atoms with Gasteiger partial charge in [0, 0.05) is 25.7 Å². The molecule has 0 radical (unpaired) electrons. The first kappa shape index (κ1) is 98.0. The first-order chi connectivity index (χ1) is 49.7. The summed E-state index contributed by atoms with van der Waals surface area (Å²) in [7, 11) is -9.95. The van der Waals surface area contributed by atoms with Gasteiger partial charge in [0.1, 0.15) is 19.3 Å². The van der Waals surface area contributed by atoms with E-state index in [-0.39, 0.29) is 25.7 Å². The number of rotatable bonds is 76. The molecule has 0 rings (SSSR count). The molecule has 0 bridgehead atoms. The maximum Gasteiger partial charge on any atom is 0.472 e. The van der Waals surface area contributed by atoms with E-state index >= 15 is 0 Å². The van der Waals surface area contributed by atoms with Gasteiger partial charge in [-0.1, -0.05) is 298 Å². The SMILES string of the molecule is CC/C=C\C/C=C\C/C=C\C/C=C\CCCCCCCCC(=O)OCC(COP(=O)(O)OCC(O)COP(=O)(O)OCC(COC(=O)CCCCCCCC/C=C\C/C=C\C/C=C\CCCCC)OC(=O)CCCCCCCCCCCCCCC)OC(=O)CCCCCCC/C=C\CCCC. The molecule has 0 spiro atoms. The summed E-state index contributed by atoms with van der Waals surface area (Å²) in [6.07, 6.45) is 79.5. The van der Waals surface area contributed by atoms with Crippen molar-refractivity contribution in [2.75, 3.05) is 39.6 Å². The molecule has 0 aliphatic carbocycles. The Morgan fingerprint density at radius 2 is 0.520 bits per heavy atom. The lowest BCUT2D eigenvalue weighted by molar-refractivity contribution is -0.161. The lowest BCUT2D eigenvalue weighted by Crippen LogP contribution is -2.30. The van der Waals surface area contributed by atoms with Crippen LogP contribution in [-0.4, -0.2) is 96.7 Å². The molecule has 17 nitrogen and oxygen atoms in total. The van der Waals surface area contributed by atoms with Crippen molar-refractivity contribution in [3.8, 4) is 0 Å². The van der Waals surface area contributed by atoms with Crippen LogP contribution in [0.1, 0.15) is 349 Å². The van der Waals surface area contributed by atoms with Crippen molar-refractivity contribution in [1.82, 2.24) is 0 Å². The highest BCUT2D eigenvalue weighted by molar-refractivity contribution is 7.47. The molecule has 0 fully saturated rings. The van der Waals surface area contributed by atoms with E-state index in [9.17, 15) is 43.2 Å². The fourth-order valence-electron chi connectivity index (χ4n) is 10.8. The van der Waals surface area contributed by atoms with Gasteiger partial charge in [-0.15, -0.1) is 0 Å². The van der Waals surface area contributed by atoms with Crippen molar-refractivity contribution in [3.05, 3.63) is 97.2 Å². The van der Waals surface area contributed by atoms with Crippen molar-refractivity contribution in [3.63, 3.8) is 0 Å². The number of carbonyl (C=O) groups is 4. The largest absolute Gasteiger partial charge is 0.472 e. The smallest absolute Gasteiger partial charge is 0.462 e. The highest BCUT2D eigenvalue weighted by Crippen LogP contribution is 2.45. The van der Waals surface area contributed by atoms with Crippen LogP contribution in [0.3, 0.4) is 0 Å². The standard InChI is InChI=1S/C83H146O17P2/c1-5-9-13-17-21-25-29-32-34-36-38-40-42-45-48-51-55-59-63-67-80(85)93-73-78(99-82(87)69-65-61-57-53-47-28-24-20-16-12-8-4)75-97-101(89,90)95-71-77(84)72-96-102(91,92)98-76-79(100-83(88)70-66-62-58-54-50-44-31-27-23-19-15-11-7-3)74-94-81(86)68-64-60-56-52-49-46-43-41-39-37-35-33-30-26-22-18-14-10-6-2/h9,13,20-22,24-26,32-35,38-41,77-79,84H,5-8,10-12,14-19,23,27-31,36-37,42-76H2,1-4H3,(H,89,90)(H,91,92)/b13-9-,24-20-,25-21-,26-22-,34-32-,35-33-,40-38-,41-39-. The highest BCUT2D eigenvalue weighted by Gasteiger charge is 2.30. The molecule has 0 saturated heterocycles. The van der Waals surface area contributed by atoms with Crippen molar-refractivity contribution in [2.45, 2.75) is 367 Å². The summed E-state index contributed by atoms with van der Waals surface area (Å²) in [4.78, 5) is 73.0. The van der Waals surface area contributed by atoms with Crippen LogP contribution in [0.15, 0.2) is 97.2 Å². The van der Waals surface area contributed by atoms with Gasteiger partial charge in [-0.2, -0.15) is 0 Å². The molecule has 0 aliphatic rings. The summed E-state index contributed by atoms with van der Waals surface area (Å²) >= 11 is 0. The Balaban J connectivity index is 5.30. The number of esters is 4. The minimum atomic E-state index is -4.98. The van der Waals surface area contributed by atoms with E-state index in [1.165, 1.54) is 83.5 Å². The number of ether oxygens (including phenoxy) is 4. The van der Waals surface area contributed by atoms with Gasteiger partial charge in [-0.25, -0.2) is 9.13 Å². The first-order valence-corrected chi connectivity index (χ1v) is 43.5. The van der Waals surface area contributed by atoms with Crippen LogP contribution >= 0.6 is 15.6 Å². The van der Waals surface area contributed by atoms with Crippen LogP contribution in [0.4, 0.5) is 0 Å². The summed E-state index contributed by atoms with van der Waals surface area (Å²) in [6, 6.07) is 0. The number of phosphoric acid groups is 2. The second kappa shape index (κ2) is 75.2. The summed E-state index contributed by atoms with van der Waals surface area (Å²) in [5, 5.41) is 10.6. The molecule has 590 valence electrons. The number of carbonyl (C=O) groups excluding carboxylic acids is 4. The molecule has 3 N–H and O–H groups in total. The average molecular weight is 1480 g/mol. The first-order valence-electron chi connectivity index (χ1n) is 40.5. The zero-order valence-electron chi connectivity index (χ0n) is 64.5. The van der Waals surface area contributed by atoms with E-state index < -0.39 is 97.5 Å². The lowest BCUT2D eigenvalue weighted by atomic mass is 10.0. The molecule has 0 aromatic carbocycles. The third-order valence-electron chi connectivity index (χ3n) is 17.0. The minimum Gasteiger partial charge on any atom is -0.462 e. The predicted octanol–water partition coefficient (Wildman–Crippen LogP) is 23.6. The molecule has 5 atom stereocenters. The minimum absolute atomic E-state index is 0.0814. The van der Waals surface area contributed by atoms with E-state index in [0.29, 0.717) is 25.7 Å². The molecule has 0 aromatic heterocycles. The monoisotopic (exact) mass is 1480 g/mol. The fraction of sp³-hybridized carbons (Fsp3) is 0.759. The number of unbranched alkanes of at least 4 members (excludes halogenated alkanes) is 34. The van der Waals surface area contributed by atoms with E-state index in [1.54, 1.807) is 0 Å². The van der Waals surface area contributed by atoms with E-state index in [1.807, 2.05) is 0 Å². The molecule has 0 aromatic rings. The molecular formula is C83H146O17P2. The summed E-state index contributed by atoms with van der Waals surface area (Å²) in [5.41, 5.74) is 0. The Morgan fingerprint density at radius 1 is 0.284 bits per heavy atom. The van der Waals surface area contributed by atoms with Crippen LogP contribution in [0.5, 0.6) is 0 Å². The Hall–Kier alpha value is -4.02. The maximum atomic E-state index is 13.1. The number of phosphoric ester groups is 2. The van der Waals surface area contributed by atoms with Crippen LogP contribution in [0.25, 0.3) is 0 Å². The molecule has 5 unspecified atom stereocenters. The van der Waals surface area contributed by atoms with Crippen LogP contribution in [0, 0.1) is 0 Å². The molecule has 0 aliphatic heterocycles. The molecule has 0 heterocycles. The molecule has 0 saturated carbocycles. The zero-order chi connectivity index (χ0) is 74.6. The molecule has 0 amide bonds. The van der Waals surface area contributed by atoms with Crippen molar-refractivity contribution in [2.24, 2.45) is 0 Å². The Labute approximate surface area is 620 Å². The van der Waals surface area contributed by atoms with Crippen molar-refractivity contribution < 1.29 is 80.2 Å². The van der Waals surface area contributed by atoms with E-state index in [4.69, 9.17) is 37.0 Å². The van der Waals surface area contributed by atoms with Gasteiger partial charge < -0.3 is 33.8 Å². The van der Waals surface area contributed by atoms with Gasteiger partial charge in [-0.05, 0) is 122 Å². The number of aliphatic hydroxyl groups is 1. The van der Waals surface area contributed by atoms with Gasteiger partial charge in [-0.3, -0.25) is 37.3 Å². The second-order valence-corrected chi connectivity index (χ2v) is 29.9. The van der Waals surface area contributed by atoms with Crippen molar-refractivity contribution in [1.29, 1.82) is 0 Å². The van der Waals surface area contributed by atoms with Gasteiger partial charge >= 0.3 is 39.5 Å². The molecular weight excluding hydrogens is 1330 g/mol. The number of aliphatic hydroxyl groups excluding tert-OH is 1. The third kappa shape index (κ3) is 74.3. The zero-order valence-corrected chi connectivity index (χ0v) is 66.3. The van der Waals surface area contributed by atoms with Crippen LogP contribution in [0.2, 0.25) is 0 Å². The number of hydrogen-bond acceptors (Lipinski definition) is 15. The lowest BCUT2D eigenvalue weighted by Gasteiger charge is -2.21. The molecule has 19 heteroatoms. The second-order valence-electron chi connectivity index (χ2n) is 27.0. The van der Waals surface area contributed by atoms with E-state index in [0.717, 1.165) is 186 Å². The topological polar surface area (TPSA) is 237 Å². The Kier molecular flexibility index (Phi) is 72.3. The third-order valence-corrected chi connectivity index (χ3v) is 18.9. The number of allylic oxidation sites excluding steroid dienone is 16. The Bertz CT molecular complexity index is 2310. The normalized spacial score (nSPS) is 14.4. The average Bonchev–Trinajstić information content (AvgIpc) is 0.928. The Morgan fingerprint density at radius 3 is 0.843 bits per heavy atom. The quantitative estimate of drug-likeness (QED) is 0.0169. The summed E-state index contributed by atoms with van der Waals surface area (Å²) in [6.45, 7) is 4.70. The van der Waals surface area contributed by atoms with E-state index in [2.05, 4.69) is 125 Å². The number of hydrogen-bond donors (Lipinski definition) is 3.